The van der Waals surface area contributed by atoms with Crippen LogP contribution >= 0.6 is 27.3 Å². The number of aliphatic hydroxyl groups excluding tert-OH is 1. The lowest BCUT2D eigenvalue weighted by Crippen LogP contribution is -2.36. The summed E-state index contributed by atoms with van der Waals surface area (Å²) in [5, 5.41) is 21.2. The summed E-state index contributed by atoms with van der Waals surface area (Å²) in [6, 6.07) is 1.62. The van der Waals surface area contributed by atoms with Gasteiger partial charge in [0.2, 0.25) is 0 Å². The molecular weight excluding hydrogens is 286 g/mol. The fraction of sp³-hybridized carbons (Fsp3) is 0.250. The predicted molar refractivity (Wildman–Crippen MR) is 58.0 cm³/mol. The van der Waals surface area contributed by atoms with E-state index in [4.69, 9.17) is 10.2 Å². The molecule has 0 aliphatic carbocycles. The number of hydrogen-bond acceptors (Lipinski definition) is 4. The van der Waals surface area contributed by atoms with Crippen molar-refractivity contribution in [2.24, 2.45) is 0 Å². The lowest BCUT2D eigenvalue weighted by Gasteiger charge is -2.06. The SMILES string of the molecule is O=C(NC[C@H](O)C(=O)O)c1csc(Br)c1. The molecule has 0 aromatic carbocycles. The molecule has 82 valence electrons. The van der Waals surface area contributed by atoms with Gasteiger partial charge in [0.05, 0.1) is 15.9 Å². The van der Waals surface area contributed by atoms with E-state index in [1.54, 1.807) is 11.4 Å². The maximum Gasteiger partial charge on any atom is 0.334 e. The molecule has 5 nitrogen and oxygen atoms in total. The van der Waals surface area contributed by atoms with E-state index in [9.17, 15) is 9.59 Å². The van der Waals surface area contributed by atoms with Gasteiger partial charge in [0.1, 0.15) is 0 Å². The molecule has 1 aromatic rings. The highest BCUT2D eigenvalue weighted by molar-refractivity contribution is 9.11. The van der Waals surface area contributed by atoms with Crippen molar-refractivity contribution < 1.29 is 19.8 Å². The maximum atomic E-state index is 11.4. The van der Waals surface area contributed by atoms with E-state index in [1.165, 1.54) is 11.3 Å². The Bertz CT molecular complexity index is 378. The zero-order chi connectivity index (χ0) is 11.4. The van der Waals surface area contributed by atoms with Crippen LogP contribution < -0.4 is 5.32 Å². The number of rotatable bonds is 4. The van der Waals surface area contributed by atoms with Crippen LogP contribution in [-0.2, 0) is 4.79 Å². The van der Waals surface area contributed by atoms with E-state index >= 15 is 0 Å². The average Bonchev–Trinajstić information content (AvgIpc) is 2.60. The van der Waals surface area contributed by atoms with Gasteiger partial charge in [-0.25, -0.2) is 4.79 Å². The fourth-order valence-corrected chi connectivity index (χ4v) is 1.94. The largest absolute Gasteiger partial charge is 0.479 e. The van der Waals surface area contributed by atoms with Crippen LogP contribution in [-0.4, -0.2) is 34.7 Å². The summed E-state index contributed by atoms with van der Waals surface area (Å²) in [5.41, 5.74) is 0.435. The Hall–Kier alpha value is -0.920. The lowest BCUT2D eigenvalue weighted by molar-refractivity contribution is -0.146. The van der Waals surface area contributed by atoms with Gasteiger partial charge in [0.25, 0.3) is 5.91 Å². The van der Waals surface area contributed by atoms with Crippen LogP contribution in [0.15, 0.2) is 15.2 Å². The molecule has 0 saturated carbocycles. The normalized spacial score (nSPS) is 12.1. The molecule has 1 amide bonds. The topological polar surface area (TPSA) is 86.6 Å². The third-order valence-corrected chi connectivity index (χ3v) is 3.08. The van der Waals surface area contributed by atoms with Gasteiger partial charge in [-0.05, 0) is 22.0 Å². The quantitative estimate of drug-likeness (QED) is 0.762. The van der Waals surface area contributed by atoms with Crippen molar-refractivity contribution in [1.29, 1.82) is 0 Å². The third-order valence-electron chi connectivity index (χ3n) is 1.57. The second kappa shape index (κ2) is 5.24. The number of thiophene rings is 1. The Morgan fingerprint density at radius 3 is 2.73 bits per heavy atom. The minimum Gasteiger partial charge on any atom is -0.479 e. The molecule has 1 aromatic heterocycles. The lowest BCUT2D eigenvalue weighted by atomic mass is 10.3. The highest BCUT2D eigenvalue weighted by atomic mass is 79.9. The molecule has 7 heteroatoms. The highest BCUT2D eigenvalue weighted by Gasteiger charge is 2.15. The van der Waals surface area contributed by atoms with Gasteiger partial charge in [-0.2, -0.15) is 0 Å². The third kappa shape index (κ3) is 3.61. The Morgan fingerprint density at radius 2 is 2.27 bits per heavy atom. The first-order valence-electron chi connectivity index (χ1n) is 3.94. The summed E-state index contributed by atoms with van der Waals surface area (Å²) < 4.78 is 0.812. The van der Waals surface area contributed by atoms with Crippen LogP contribution in [0.2, 0.25) is 0 Å². The van der Waals surface area contributed by atoms with Crippen molar-refractivity contribution in [2.75, 3.05) is 6.54 Å². The molecule has 1 rings (SSSR count). The first kappa shape index (κ1) is 12.2. The Kier molecular flexibility index (Phi) is 4.25. The van der Waals surface area contributed by atoms with Gasteiger partial charge >= 0.3 is 5.97 Å². The van der Waals surface area contributed by atoms with E-state index in [2.05, 4.69) is 21.2 Å². The summed E-state index contributed by atoms with van der Waals surface area (Å²) in [5.74, 6) is -1.76. The van der Waals surface area contributed by atoms with Crippen LogP contribution in [0.4, 0.5) is 0 Å². The van der Waals surface area contributed by atoms with Gasteiger partial charge < -0.3 is 15.5 Å². The van der Waals surface area contributed by atoms with Crippen molar-refractivity contribution in [3.05, 3.63) is 20.8 Å². The van der Waals surface area contributed by atoms with Crippen LogP contribution in [0.25, 0.3) is 0 Å². The summed E-state index contributed by atoms with van der Waals surface area (Å²) in [7, 11) is 0. The molecule has 0 bridgehead atoms. The summed E-state index contributed by atoms with van der Waals surface area (Å²) in [6.45, 7) is -0.304. The van der Waals surface area contributed by atoms with Gasteiger partial charge in [0.15, 0.2) is 6.10 Å². The van der Waals surface area contributed by atoms with Crippen LogP contribution in [0.5, 0.6) is 0 Å². The number of carboxylic acid groups (broad SMARTS) is 1. The van der Waals surface area contributed by atoms with Crippen molar-refractivity contribution >= 4 is 39.1 Å². The smallest absolute Gasteiger partial charge is 0.334 e. The van der Waals surface area contributed by atoms with E-state index in [0.29, 0.717) is 5.56 Å². The molecule has 1 atom stereocenters. The monoisotopic (exact) mass is 293 g/mol. The minimum absolute atomic E-state index is 0.304. The molecule has 0 saturated heterocycles. The first-order valence-corrected chi connectivity index (χ1v) is 5.61. The molecule has 0 radical (unpaired) electrons. The second-order valence-corrected chi connectivity index (χ2v) is 4.99. The highest BCUT2D eigenvalue weighted by Crippen LogP contribution is 2.20. The molecule has 15 heavy (non-hydrogen) atoms. The number of aliphatic carboxylic acids is 1. The predicted octanol–water partition coefficient (Wildman–Crippen LogP) is 0.686. The number of carbonyl (C=O) groups is 2. The van der Waals surface area contributed by atoms with Crippen LogP contribution in [0.3, 0.4) is 0 Å². The molecule has 0 aliphatic rings. The standard InChI is InChI=1S/C8H8BrNO4S/c9-6-1-4(3-15-6)7(12)10-2-5(11)8(13)14/h1,3,5,11H,2H2,(H,10,12)(H,13,14)/t5-/m0/s1. The Morgan fingerprint density at radius 1 is 1.60 bits per heavy atom. The molecular formula is C8H8BrNO4S. The van der Waals surface area contributed by atoms with E-state index in [-0.39, 0.29) is 6.54 Å². The van der Waals surface area contributed by atoms with E-state index in [1.807, 2.05) is 0 Å². The Balaban J connectivity index is 2.47. The first-order chi connectivity index (χ1) is 7.00. The molecule has 0 fully saturated rings. The fourth-order valence-electron chi connectivity index (χ4n) is 0.808. The summed E-state index contributed by atoms with van der Waals surface area (Å²) in [6.07, 6.45) is -1.57. The number of halogens is 1. The number of aliphatic hydroxyl groups is 1. The van der Waals surface area contributed by atoms with Gasteiger partial charge in [-0.15, -0.1) is 11.3 Å². The summed E-state index contributed by atoms with van der Waals surface area (Å²) in [4.78, 5) is 21.6. The van der Waals surface area contributed by atoms with Crippen LogP contribution in [0.1, 0.15) is 10.4 Å². The molecule has 0 aliphatic heterocycles. The van der Waals surface area contributed by atoms with Gasteiger partial charge in [-0.3, -0.25) is 4.79 Å². The summed E-state index contributed by atoms with van der Waals surface area (Å²) >= 11 is 4.55. The maximum absolute atomic E-state index is 11.4. The molecule has 0 spiro atoms. The van der Waals surface area contributed by atoms with Crippen molar-refractivity contribution in [2.45, 2.75) is 6.10 Å². The van der Waals surface area contributed by atoms with E-state index < -0.39 is 18.0 Å². The van der Waals surface area contributed by atoms with Gasteiger partial charge in [-0.1, -0.05) is 0 Å². The zero-order valence-corrected chi connectivity index (χ0v) is 9.84. The average molecular weight is 294 g/mol. The second-order valence-electron chi connectivity index (χ2n) is 2.70. The van der Waals surface area contributed by atoms with E-state index in [0.717, 1.165) is 3.79 Å². The number of carbonyl (C=O) groups excluding carboxylic acids is 1. The Labute approximate surface area is 97.9 Å². The number of carboxylic acids is 1. The molecule has 1 heterocycles. The number of amides is 1. The van der Waals surface area contributed by atoms with Crippen molar-refractivity contribution in [3.8, 4) is 0 Å². The minimum atomic E-state index is -1.57. The molecule has 3 N–H and O–H groups in total. The zero-order valence-electron chi connectivity index (χ0n) is 7.44. The van der Waals surface area contributed by atoms with Gasteiger partial charge in [0, 0.05) is 5.38 Å². The number of nitrogens with one attached hydrogen (secondary N) is 1. The van der Waals surface area contributed by atoms with Crippen LogP contribution in [0, 0.1) is 0 Å². The number of hydrogen-bond donors (Lipinski definition) is 3. The van der Waals surface area contributed by atoms with Crippen molar-refractivity contribution in [3.63, 3.8) is 0 Å². The van der Waals surface area contributed by atoms with Crippen molar-refractivity contribution in [1.82, 2.24) is 5.32 Å². The molecule has 0 unspecified atom stereocenters.